The van der Waals surface area contributed by atoms with Crippen molar-refractivity contribution in [2.24, 2.45) is 0 Å². The van der Waals surface area contributed by atoms with Gasteiger partial charge in [0.1, 0.15) is 0 Å². The third-order valence-electron chi connectivity index (χ3n) is 5.98. The van der Waals surface area contributed by atoms with Crippen molar-refractivity contribution in [3.63, 3.8) is 0 Å². The maximum Gasteiger partial charge on any atom is 0.269 e. The highest BCUT2D eigenvalue weighted by Gasteiger charge is 2.29. The third-order valence-corrected chi connectivity index (χ3v) is 7.89. The Kier molecular flexibility index (Phi) is 6.05. The molecule has 11 heteroatoms. The Morgan fingerprint density at radius 1 is 0.935 bits per heavy atom. The summed E-state index contributed by atoms with van der Waals surface area (Å²) >= 11 is 0. The molecule has 0 radical (unpaired) electrons. The van der Waals surface area contributed by atoms with Crippen LogP contribution in [0.4, 0.5) is 17.3 Å². The van der Waals surface area contributed by atoms with Crippen molar-refractivity contribution in [1.82, 2.24) is 14.5 Å². The van der Waals surface area contributed by atoms with Crippen LogP contribution in [-0.4, -0.2) is 66.6 Å². The van der Waals surface area contributed by atoms with Crippen molar-refractivity contribution in [2.45, 2.75) is 37.1 Å². The Bertz CT molecular complexity index is 1020. The van der Waals surface area contributed by atoms with Crippen LogP contribution in [0, 0.1) is 10.1 Å². The van der Waals surface area contributed by atoms with E-state index in [0.717, 1.165) is 24.6 Å². The number of aromatic nitrogens is 2. The minimum atomic E-state index is -3.70. The molecule has 10 nitrogen and oxygen atoms in total. The van der Waals surface area contributed by atoms with Gasteiger partial charge in [-0.3, -0.25) is 10.1 Å². The number of nitro groups is 1. The van der Waals surface area contributed by atoms with Crippen molar-refractivity contribution in [1.29, 1.82) is 0 Å². The van der Waals surface area contributed by atoms with Crippen molar-refractivity contribution in [3.05, 3.63) is 46.5 Å². The van der Waals surface area contributed by atoms with Crippen LogP contribution in [0.15, 0.2) is 41.3 Å². The number of sulfonamides is 1. The Morgan fingerprint density at radius 2 is 1.58 bits per heavy atom. The number of anilines is 2. The van der Waals surface area contributed by atoms with Crippen molar-refractivity contribution in [3.8, 4) is 0 Å². The van der Waals surface area contributed by atoms with Crippen LogP contribution in [0.2, 0.25) is 0 Å². The number of nitrogens with zero attached hydrogens (tertiary/aromatic N) is 6. The summed E-state index contributed by atoms with van der Waals surface area (Å²) in [6.07, 6.45) is 3.57. The van der Waals surface area contributed by atoms with Gasteiger partial charge in [-0.1, -0.05) is 0 Å². The summed E-state index contributed by atoms with van der Waals surface area (Å²) < 4.78 is 27.1. The quantitative estimate of drug-likeness (QED) is 0.508. The minimum absolute atomic E-state index is 0.0614. The number of piperazine rings is 1. The topological polar surface area (TPSA) is 113 Å². The number of benzene rings is 1. The maximum atomic E-state index is 12.9. The van der Waals surface area contributed by atoms with Gasteiger partial charge in [-0.05, 0) is 50.5 Å². The molecular formula is C20H26N6O4S. The zero-order chi connectivity index (χ0) is 22.0. The first kappa shape index (κ1) is 21.4. The first-order chi connectivity index (χ1) is 14.9. The summed E-state index contributed by atoms with van der Waals surface area (Å²) in [5.74, 6) is 1.62. The van der Waals surface area contributed by atoms with Crippen molar-refractivity contribution in [2.75, 3.05) is 42.5 Å². The fourth-order valence-electron chi connectivity index (χ4n) is 4.12. The number of hydrogen-bond acceptors (Lipinski definition) is 8. The third kappa shape index (κ3) is 4.47. The van der Waals surface area contributed by atoms with E-state index in [1.165, 1.54) is 41.4 Å². The molecule has 1 atom stereocenters. The highest BCUT2D eigenvalue weighted by Crippen LogP contribution is 2.25. The Hall–Kier alpha value is -2.79. The molecule has 0 aliphatic carbocycles. The molecule has 2 aliphatic heterocycles. The molecule has 1 aromatic heterocycles. The van der Waals surface area contributed by atoms with Crippen LogP contribution in [0.3, 0.4) is 0 Å². The zero-order valence-corrected chi connectivity index (χ0v) is 18.2. The van der Waals surface area contributed by atoms with Gasteiger partial charge in [0.15, 0.2) is 11.6 Å². The molecule has 0 N–H and O–H groups in total. The number of nitro benzene ring substituents is 1. The summed E-state index contributed by atoms with van der Waals surface area (Å²) in [6.45, 7) is 4.83. The first-order valence-corrected chi connectivity index (χ1v) is 11.9. The Balaban J connectivity index is 1.39. The molecule has 166 valence electrons. The highest BCUT2D eigenvalue weighted by molar-refractivity contribution is 7.89. The van der Waals surface area contributed by atoms with Crippen LogP contribution in [0.25, 0.3) is 0 Å². The van der Waals surface area contributed by atoms with Gasteiger partial charge >= 0.3 is 0 Å². The van der Waals surface area contributed by atoms with Crippen molar-refractivity contribution >= 4 is 27.3 Å². The zero-order valence-electron chi connectivity index (χ0n) is 17.4. The summed E-state index contributed by atoms with van der Waals surface area (Å²) in [4.78, 5) is 14.6. The minimum Gasteiger partial charge on any atom is -0.352 e. The summed E-state index contributed by atoms with van der Waals surface area (Å²) in [5.41, 5.74) is -0.135. The smallest absolute Gasteiger partial charge is 0.269 e. The molecule has 0 spiro atoms. The van der Waals surface area contributed by atoms with Gasteiger partial charge in [0.05, 0.1) is 9.82 Å². The van der Waals surface area contributed by atoms with Gasteiger partial charge in [-0.15, -0.1) is 10.2 Å². The molecule has 2 aromatic rings. The van der Waals surface area contributed by atoms with Crippen molar-refractivity contribution < 1.29 is 13.3 Å². The van der Waals surface area contributed by atoms with E-state index in [2.05, 4.69) is 22.0 Å². The van der Waals surface area contributed by atoms with E-state index in [1.54, 1.807) is 0 Å². The number of hydrogen-bond donors (Lipinski definition) is 0. The average molecular weight is 447 g/mol. The predicted octanol–water partition coefficient (Wildman–Crippen LogP) is 2.27. The predicted molar refractivity (Wildman–Crippen MR) is 117 cm³/mol. The Morgan fingerprint density at radius 3 is 2.16 bits per heavy atom. The maximum absolute atomic E-state index is 12.9. The van der Waals surface area contributed by atoms with Crippen LogP contribution in [-0.2, 0) is 10.0 Å². The van der Waals surface area contributed by atoms with E-state index in [1.807, 2.05) is 17.0 Å². The number of non-ortho nitro benzene ring substituents is 1. The molecule has 3 heterocycles. The van der Waals surface area contributed by atoms with Gasteiger partial charge in [-0.25, -0.2) is 8.42 Å². The van der Waals surface area contributed by atoms with Gasteiger partial charge in [0.2, 0.25) is 10.0 Å². The van der Waals surface area contributed by atoms with E-state index in [4.69, 9.17) is 0 Å². The van der Waals surface area contributed by atoms with E-state index in [9.17, 15) is 18.5 Å². The molecule has 0 unspecified atom stereocenters. The molecule has 2 fully saturated rings. The molecule has 1 aromatic carbocycles. The van der Waals surface area contributed by atoms with Crippen LogP contribution in [0.5, 0.6) is 0 Å². The van der Waals surface area contributed by atoms with Gasteiger partial charge < -0.3 is 9.80 Å². The fraction of sp³-hybridized carbons (Fsp3) is 0.500. The lowest BCUT2D eigenvalue weighted by atomic mass is 10.0. The van der Waals surface area contributed by atoms with Crippen LogP contribution < -0.4 is 9.80 Å². The second kappa shape index (κ2) is 8.75. The normalized spacial score (nSPS) is 20.6. The first-order valence-electron chi connectivity index (χ1n) is 10.5. The molecule has 31 heavy (non-hydrogen) atoms. The van der Waals surface area contributed by atoms with Crippen LogP contribution >= 0.6 is 0 Å². The molecule has 2 aliphatic rings. The van der Waals surface area contributed by atoms with E-state index in [0.29, 0.717) is 32.2 Å². The second-order valence-electron chi connectivity index (χ2n) is 7.93. The van der Waals surface area contributed by atoms with Crippen LogP contribution in [0.1, 0.15) is 26.2 Å². The lowest BCUT2D eigenvalue weighted by Crippen LogP contribution is -2.49. The molecule has 0 bridgehead atoms. The lowest BCUT2D eigenvalue weighted by molar-refractivity contribution is -0.384. The summed E-state index contributed by atoms with van der Waals surface area (Å²) in [7, 11) is -3.70. The molecule has 4 rings (SSSR count). The molecular weight excluding hydrogens is 420 g/mol. The standard InChI is InChI=1S/C20H26N6O4S/c1-16-4-2-3-11-25(16)20-10-9-19(21-22-20)23-12-14-24(15-13-23)31(29,30)18-7-5-17(6-8-18)26(27)28/h5-10,16H,2-4,11-15H2,1H3/t16-/m0/s1. The lowest BCUT2D eigenvalue weighted by Gasteiger charge is -2.35. The average Bonchev–Trinajstić information content (AvgIpc) is 2.80. The number of rotatable bonds is 5. The molecule has 2 saturated heterocycles. The SMILES string of the molecule is C[C@H]1CCCCN1c1ccc(N2CCN(S(=O)(=O)c3ccc([N+](=O)[O-])cc3)CC2)nn1. The second-order valence-corrected chi connectivity index (χ2v) is 9.87. The van der Waals surface area contributed by atoms with E-state index < -0.39 is 14.9 Å². The molecule has 0 saturated carbocycles. The van der Waals surface area contributed by atoms with E-state index >= 15 is 0 Å². The monoisotopic (exact) mass is 446 g/mol. The van der Waals surface area contributed by atoms with Gasteiger partial charge in [0.25, 0.3) is 5.69 Å². The largest absolute Gasteiger partial charge is 0.352 e. The Labute approximate surface area is 181 Å². The van der Waals surface area contributed by atoms with E-state index in [-0.39, 0.29) is 10.6 Å². The highest BCUT2D eigenvalue weighted by atomic mass is 32.2. The number of piperidine rings is 1. The fourth-order valence-corrected chi connectivity index (χ4v) is 5.55. The molecule has 0 amide bonds. The van der Waals surface area contributed by atoms with Gasteiger partial charge in [0, 0.05) is 50.9 Å². The van der Waals surface area contributed by atoms with Gasteiger partial charge in [-0.2, -0.15) is 4.31 Å². The summed E-state index contributed by atoms with van der Waals surface area (Å²) in [6, 6.07) is 9.39. The summed E-state index contributed by atoms with van der Waals surface area (Å²) in [5, 5.41) is 19.6.